The van der Waals surface area contributed by atoms with Gasteiger partial charge in [-0.1, -0.05) is 37.3 Å². The smallest absolute Gasteiger partial charge is 0.242 e. The SMILES string of the molecule is CCCN(CC(=O)N(Cc1ccccc1)Cc1ccc(C)o1)C(C)=O. The molecule has 0 N–H and O–H groups in total. The second-order valence-corrected chi connectivity index (χ2v) is 6.19. The standard InChI is InChI=1S/C20H26N2O3/c1-4-12-21(17(3)23)15-20(24)22(13-18-8-6-5-7-9-18)14-19-11-10-16(2)25-19/h5-11H,4,12-15H2,1-3H3. The van der Waals surface area contributed by atoms with Gasteiger partial charge in [0.05, 0.1) is 13.1 Å². The second-order valence-electron chi connectivity index (χ2n) is 6.19. The molecule has 0 radical (unpaired) electrons. The van der Waals surface area contributed by atoms with Crippen molar-refractivity contribution in [3.63, 3.8) is 0 Å². The van der Waals surface area contributed by atoms with Crippen LogP contribution in [0.4, 0.5) is 0 Å². The summed E-state index contributed by atoms with van der Waals surface area (Å²) in [4.78, 5) is 27.9. The Labute approximate surface area is 149 Å². The van der Waals surface area contributed by atoms with Crippen LogP contribution in [0.25, 0.3) is 0 Å². The lowest BCUT2D eigenvalue weighted by Crippen LogP contribution is -2.42. The van der Waals surface area contributed by atoms with E-state index in [1.807, 2.05) is 56.3 Å². The summed E-state index contributed by atoms with van der Waals surface area (Å²) in [6.07, 6.45) is 0.822. The molecule has 0 aliphatic heterocycles. The molecule has 1 heterocycles. The molecule has 134 valence electrons. The molecule has 0 aliphatic rings. The molecule has 0 atom stereocenters. The van der Waals surface area contributed by atoms with Gasteiger partial charge in [0.25, 0.3) is 0 Å². The number of rotatable bonds is 8. The Morgan fingerprint density at radius 2 is 1.72 bits per heavy atom. The van der Waals surface area contributed by atoms with Gasteiger partial charge >= 0.3 is 0 Å². The van der Waals surface area contributed by atoms with Crippen LogP contribution in [-0.4, -0.2) is 34.7 Å². The van der Waals surface area contributed by atoms with E-state index in [2.05, 4.69) is 0 Å². The number of hydrogen-bond donors (Lipinski definition) is 0. The summed E-state index contributed by atoms with van der Waals surface area (Å²) in [5.74, 6) is 1.40. The molecule has 0 fully saturated rings. The number of carbonyl (C=O) groups excluding carboxylic acids is 2. The Hall–Kier alpha value is -2.56. The Balaban J connectivity index is 2.14. The van der Waals surface area contributed by atoms with Crippen molar-refractivity contribution < 1.29 is 14.0 Å². The van der Waals surface area contributed by atoms with Crippen LogP contribution >= 0.6 is 0 Å². The molecule has 2 aromatic rings. The number of carbonyl (C=O) groups is 2. The number of furan rings is 1. The summed E-state index contributed by atoms with van der Waals surface area (Å²) in [5, 5.41) is 0. The van der Waals surface area contributed by atoms with Crippen molar-refractivity contribution in [3.8, 4) is 0 Å². The maximum Gasteiger partial charge on any atom is 0.242 e. The van der Waals surface area contributed by atoms with E-state index in [9.17, 15) is 9.59 Å². The minimum Gasteiger partial charge on any atom is -0.464 e. The maximum atomic E-state index is 12.8. The fourth-order valence-electron chi connectivity index (χ4n) is 2.68. The fourth-order valence-corrected chi connectivity index (χ4v) is 2.68. The van der Waals surface area contributed by atoms with Gasteiger partial charge in [-0.05, 0) is 31.0 Å². The highest BCUT2D eigenvalue weighted by atomic mass is 16.3. The number of aryl methyl sites for hydroxylation is 1. The van der Waals surface area contributed by atoms with Gasteiger partial charge in [-0.3, -0.25) is 9.59 Å². The van der Waals surface area contributed by atoms with Gasteiger partial charge in [0.2, 0.25) is 11.8 Å². The van der Waals surface area contributed by atoms with Gasteiger partial charge in [0.1, 0.15) is 11.5 Å². The van der Waals surface area contributed by atoms with Crippen molar-refractivity contribution in [1.29, 1.82) is 0 Å². The number of benzene rings is 1. The zero-order valence-electron chi connectivity index (χ0n) is 15.2. The van der Waals surface area contributed by atoms with Gasteiger partial charge < -0.3 is 14.2 Å². The average Bonchev–Trinajstić information content (AvgIpc) is 2.99. The van der Waals surface area contributed by atoms with Crippen molar-refractivity contribution in [3.05, 3.63) is 59.5 Å². The minimum absolute atomic E-state index is 0.0799. The predicted molar refractivity (Wildman–Crippen MR) is 96.7 cm³/mol. The van der Waals surface area contributed by atoms with Gasteiger partial charge in [0.15, 0.2) is 0 Å². The topological polar surface area (TPSA) is 53.8 Å². The minimum atomic E-state index is -0.0819. The van der Waals surface area contributed by atoms with Crippen molar-refractivity contribution in [2.45, 2.75) is 40.3 Å². The van der Waals surface area contributed by atoms with E-state index in [0.717, 1.165) is 23.5 Å². The Kier molecular flexibility index (Phi) is 6.81. The molecular formula is C20H26N2O3. The second kappa shape index (κ2) is 9.06. The first-order valence-corrected chi connectivity index (χ1v) is 8.62. The summed E-state index contributed by atoms with van der Waals surface area (Å²) in [6.45, 7) is 6.92. The first-order chi connectivity index (χ1) is 12.0. The van der Waals surface area contributed by atoms with E-state index >= 15 is 0 Å². The highest BCUT2D eigenvalue weighted by Crippen LogP contribution is 2.13. The Morgan fingerprint density at radius 1 is 1.00 bits per heavy atom. The van der Waals surface area contributed by atoms with Crippen LogP contribution in [0.3, 0.4) is 0 Å². The van der Waals surface area contributed by atoms with Gasteiger partial charge in [-0.2, -0.15) is 0 Å². The molecule has 5 heteroatoms. The zero-order valence-corrected chi connectivity index (χ0v) is 15.2. The highest BCUT2D eigenvalue weighted by molar-refractivity contribution is 5.83. The molecule has 5 nitrogen and oxygen atoms in total. The average molecular weight is 342 g/mol. The van der Waals surface area contributed by atoms with Crippen LogP contribution in [0.15, 0.2) is 46.9 Å². The van der Waals surface area contributed by atoms with Crippen LogP contribution < -0.4 is 0 Å². The number of nitrogens with zero attached hydrogens (tertiary/aromatic N) is 2. The molecule has 1 aromatic heterocycles. The zero-order chi connectivity index (χ0) is 18.2. The molecule has 0 saturated carbocycles. The van der Waals surface area contributed by atoms with E-state index < -0.39 is 0 Å². The lowest BCUT2D eigenvalue weighted by atomic mass is 10.2. The van der Waals surface area contributed by atoms with Crippen molar-refractivity contribution in [2.24, 2.45) is 0 Å². The quantitative estimate of drug-likeness (QED) is 0.739. The third-order valence-electron chi connectivity index (χ3n) is 3.98. The van der Waals surface area contributed by atoms with E-state index in [4.69, 9.17) is 4.42 Å². The predicted octanol–water partition coefficient (Wildman–Crippen LogP) is 3.38. The molecule has 0 spiro atoms. The van der Waals surface area contributed by atoms with Crippen LogP contribution in [0.1, 0.15) is 37.4 Å². The maximum absolute atomic E-state index is 12.8. The monoisotopic (exact) mass is 342 g/mol. The van der Waals surface area contributed by atoms with Gasteiger partial charge in [-0.15, -0.1) is 0 Å². The molecular weight excluding hydrogens is 316 g/mol. The van der Waals surface area contributed by atoms with E-state index in [-0.39, 0.29) is 18.4 Å². The van der Waals surface area contributed by atoms with Gasteiger partial charge in [0, 0.05) is 20.0 Å². The normalized spacial score (nSPS) is 10.5. The summed E-state index contributed by atoms with van der Waals surface area (Å²) in [7, 11) is 0. The summed E-state index contributed by atoms with van der Waals surface area (Å²) in [5.41, 5.74) is 1.05. The molecule has 0 unspecified atom stereocenters. The van der Waals surface area contributed by atoms with Crippen molar-refractivity contribution in [1.82, 2.24) is 9.80 Å². The molecule has 0 bridgehead atoms. The third-order valence-corrected chi connectivity index (χ3v) is 3.98. The van der Waals surface area contributed by atoms with E-state index in [1.165, 1.54) is 6.92 Å². The van der Waals surface area contributed by atoms with E-state index in [0.29, 0.717) is 19.6 Å². The molecule has 2 amide bonds. The lowest BCUT2D eigenvalue weighted by molar-refractivity contribution is -0.140. The highest BCUT2D eigenvalue weighted by Gasteiger charge is 2.20. The van der Waals surface area contributed by atoms with Crippen LogP contribution in [0.5, 0.6) is 0 Å². The Bertz CT molecular complexity index is 694. The first kappa shape index (κ1) is 18.8. The molecule has 0 aliphatic carbocycles. The van der Waals surface area contributed by atoms with Crippen LogP contribution in [-0.2, 0) is 22.7 Å². The van der Waals surface area contributed by atoms with Crippen LogP contribution in [0.2, 0.25) is 0 Å². The Morgan fingerprint density at radius 3 is 2.28 bits per heavy atom. The molecule has 25 heavy (non-hydrogen) atoms. The van der Waals surface area contributed by atoms with Gasteiger partial charge in [-0.25, -0.2) is 0 Å². The summed E-state index contributed by atoms with van der Waals surface area (Å²) in [6, 6.07) is 13.6. The molecule has 2 rings (SSSR count). The van der Waals surface area contributed by atoms with E-state index in [1.54, 1.807) is 9.80 Å². The lowest BCUT2D eigenvalue weighted by Gasteiger charge is -2.26. The van der Waals surface area contributed by atoms with Crippen molar-refractivity contribution in [2.75, 3.05) is 13.1 Å². The summed E-state index contributed by atoms with van der Waals surface area (Å²) < 4.78 is 5.63. The number of amides is 2. The first-order valence-electron chi connectivity index (χ1n) is 8.62. The number of hydrogen-bond acceptors (Lipinski definition) is 3. The fraction of sp³-hybridized carbons (Fsp3) is 0.400. The summed E-state index contributed by atoms with van der Waals surface area (Å²) >= 11 is 0. The third kappa shape index (κ3) is 5.78. The van der Waals surface area contributed by atoms with Crippen molar-refractivity contribution >= 4 is 11.8 Å². The van der Waals surface area contributed by atoms with Crippen LogP contribution in [0, 0.1) is 6.92 Å². The molecule has 1 aromatic carbocycles. The largest absolute Gasteiger partial charge is 0.464 e. The molecule has 0 saturated heterocycles.